The van der Waals surface area contributed by atoms with Gasteiger partial charge in [0.05, 0.1) is 17.1 Å². The van der Waals surface area contributed by atoms with Crippen molar-refractivity contribution in [2.45, 2.75) is 51.4 Å². The highest BCUT2D eigenvalue weighted by Gasteiger charge is 2.46. The van der Waals surface area contributed by atoms with Crippen LogP contribution < -0.4 is 4.90 Å². The van der Waals surface area contributed by atoms with E-state index in [1.165, 1.54) is 106 Å². The first kappa shape index (κ1) is 33.9. The lowest BCUT2D eigenvalue weighted by Gasteiger charge is -2.50. The summed E-state index contributed by atoms with van der Waals surface area (Å²) in [5, 5.41) is 2.56. The molecule has 1 heteroatoms. The molecular formula is C56H45N. The van der Waals surface area contributed by atoms with E-state index >= 15 is 0 Å². The number of allylic oxidation sites excluding steroid dienone is 1. The van der Waals surface area contributed by atoms with Crippen LogP contribution in [0.25, 0.3) is 61.4 Å². The highest BCUT2D eigenvalue weighted by Crippen LogP contribution is 2.61. The molecule has 0 saturated carbocycles. The van der Waals surface area contributed by atoms with E-state index in [1.54, 1.807) is 0 Å². The molecule has 1 aliphatic carbocycles. The van der Waals surface area contributed by atoms with Crippen LogP contribution in [0.15, 0.2) is 170 Å². The Hall–Kier alpha value is -6.44. The average Bonchev–Trinajstić information content (AvgIpc) is 3.26. The molecule has 0 fully saturated rings. The van der Waals surface area contributed by atoms with Crippen LogP contribution >= 0.6 is 0 Å². The van der Waals surface area contributed by atoms with Gasteiger partial charge in [-0.15, -0.1) is 0 Å². The number of nitrogens with zero attached hydrogens (tertiary/aromatic N) is 1. The highest BCUT2D eigenvalue weighted by molar-refractivity contribution is 6.05. The number of hydrogen-bond acceptors (Lipinski definition) is 1. The standard InChI is InChI=1S/C56H45N/c1-55(2)48-25-15-16-26-52(48)57-53-32-27-38(42-30-28-40(36-17-7-5-8-18-36)44-21-11-13-23-46(42)44)33-49(53)56(3,4)51-35-39(34-50(55)54(51)57)43-31-29-41(37-19-9-6-10-20-37)45-22-12-14-24-47(43)45/h5-11,13-21,23-35H,12,22H2,1-4H3. The third-order valence-corrected chi connectivity index (χ3v) is 13.3. The van der Waals surface area contributed by atoms with Crippen LogP contribution in [0.5, 0.6) is 0 Å². The molecule has 0 N–H and O–H groups in total. The van der Waals surface area contributed by atoms with Crippen molar-refractivity contribution in [1.82, 2.24) is 0 Å². The molecule has 0 aromatic heterocycles. The number of benzene rings is 8. The van der Waals surface area contributed by atoms with Crippen molar-refractivity contribution >= 4 is 33.9 Å². The van der Waals surface area contributed by atoms with Crippen molar-refractivity contribution in [2.75, 3.05) is 4.90 Å². The predicted octanol–water partition coefficient (Wildman–Crippen LogP) is 15.2. The van der Waals surface area contributed by atoms with Gasteiger partial charge < -0.3 is 4.90 Å². The summed E-state index contributed by atoms with van der Waals surface area (Å²) >= 11 is 0. The van der Waals surface area contributed by atoms with Crippen molar-refractivity contribution in [3.8, 4) is 44.5 Å². The normalized spacial score (nSPS) is 15.4. The van der Waals surface area contributed by atoms with Gasteiger partial charge in [-0.3, -0.25) is 0 Å². The Bertz CT molecular complexity index is 2940. The summed E-state index contributed by atoms with van der Waals surface area (Å²) in [6.45, 7) is 9.74. The number of hydrogen-bond donors (Lipinski definition) is 0. The molecule has 0 unspecified atom stereocenters. The lowest BCUT2D eigenvalue weighted by Crippen LogP contribution is -2.38. The summed E-state index contributed by atoms with van der Waals surface area (Å²) in [4.78, 5) is 2.59. The smallest absolute Gasteiger partial charge is 0.0544 e. The van der Waals surface area contributed by atoms with E-state index in [0.29, 0.717) is 0 Å². The topological polar surface area (TPSA) is 3.24 Å². The third kappa shape index (κ3) is 5.01. The van der Waals surface area contributed by atoms with Crippen LogP contribution in [0.3, 0.4) is 0 Å². The van der Waals surface area contributed by atoms with E-state index in [-0.39, 0.29) is 10.8 Å². The summed E-state index contributed by atoms with van der Waals surface area (Å²) in [5.41, 5.74) is 22.0. The molecule has 2 aliphatic heterocycles. The van der Waals surface area contributed by atoms with Crippen LogP contribution in [0.4, 0.5) is 17.1 Å². The van der Waals surface area contributed by atoms with Crippen LogP contribution in [0.2, 0.25) is 0 Å². The van der Waals surface area contributed by atoms with E-state index < -0.39 is 0 Å². The van der Waals surface area contributed by atoms with Gasteiger partial charge in [0.2, 0.25) is 0 Å². The van der Waals surface area contributed by atoms with E-state index in [0.717, 1.165) is 12.8 Å². The Balaban J connectivity index is 1.14. The van der Waals surface area contributed by atoms with E-state index in [4.69, 9.17) is 0 Å². The Kier molecular flexibility index (Phi) is 7.45. The molecule has 8 aromatic rings. The number of anilines is 3. The van der Waals surface area contributed by atoms with Gasteiger partial charge in [-0.25, -0.2) is 0 Å². The molecule has 11 rings (SSSR count). The van der Waals surface area contributed by atoms with Gasteiger partial charge in [-0.2, -0.15) is 0 Å². The van der Waals surface area contributed by atoms with Crippen molar-refractivity contribution in [3.05, 3.63) is 203 Å². The van der Waals surface area contributed by atoms with Gasteiger partial charge in [0.15, 0.2) is 0 Å². The maximum atomic E-state index is 2.59. The summed E-state index contributed by atoms with van der Waals surface area (Å²) in [6, 6.07) is 61.4. The van der Waals surface area contributed by atoms with Gasteiger partial charge in [0, 0.05) is 10.8 Å². The van der Waals surface area contributed by atoms with Crippen LogP contribution in [0, 0.1) is 0 Å². The zero-order valence-corrected chi connectivity index (χ0v) is 33.1. The fraction of sp³-hybridized carbons (Fsp3) is 0.143. The summed E-state index contributed by atoms with van der Waals surface area (Å²) in [5.74, 6) is 0. The maximum Gasteiger partial charge on any atom is 0.0544 e. The van der Waals surface area contributed by atoms with Crippen molar-refractivity contribution < 1.29 is 0 Å². The van der Waals surface area contributed by atoms with Gasteiger partial charge in [0.1, 0.15) is 0 Å². The zero-order valence-electron chi connectivity index (χ0n) is 33.1. The highest BCUT2D eigenvalue weighted by atomic mass is 15.2. The zero-order chi connectivity index (χ0) is 38.5. The van der Waals surface area contributed by atoms with Gasteiger partial charge >= 0.3 is 0 Å². The molecule has 3 aliphatic rings. The predicted molar refractivity (Wildman–Crippen MR) is 242 cm³/mol. The maximum absolute atomic E-state index is 2.59. The number of rotatable bonds is 4. The van der Waals surface area contributed by atoms with Gasteiger partial charge in [-0.1, -0.05) is 173 Å². The molecule has 2 heterocycles. The lowest BCUT2D eigenvalue weighted by atomic mass is 9.65. The minimum atomic E-state index is -0.274. The summed E-state index contributed by atoms with van der Waals surface area (Å²) < 4.78 is 0. The monoisotopic (exact) mass is 731 g/mol. The molecule has 8 aromatic carbocycles. The fourth-order valence-electron chi connectivity index (χ4n) is 10.4. The van der Waals surface area contributed by atoms with E-state index in [1.807, 2.05) is 0 Å². The Morgan fingerprint density at radius 3 is 1.65 bits per heavy atom. The molecule has 0 saturated heterocycles. The molecule has 0 bridgehead atoms. The minimum Gasteiger partial charge on any atom is -0.309 e. The van der Waals surface area contributed by atoms with Gasteiger partial charge in [-0.05, 0) is 132 Å². The Morgan fingerprint density at radius 1 is 0.421 bits per heavy atom. The molecule has 57 heavy (non-hydrogen) atoms. The first-order valence-electron chi connectivity index (χ1n) is 20.5. The second kappa shape index (κ2) is 12.5. The molecule has 0 atom stereocenters. The molecule has 0 radical (unpaired) electrons. The van der Waals surface area contributed by atoms with Crippen LogP contribution in [0.1, 0.15) is 67.5 Å². The van der Waals surface area contributed by atoms with Crippen LogP contribution in [-0.2, 0) is 17.3 Å². The molecule has 274 valence electrons. The summed E-state index contributed by atoms with van der Waals surface area (Å²) in [7, 11) is 0. The Morgan fingerprint density at radius 2 is 0.947 bits per heavy atom. The number of para-hydroxylation sites is 1. The number of fused-ring (bicyclic) bond motifs is 6. The second-order valence-electron chi connectivity index (χ2n) is 17.2. The SMILES string of the molecule is CC1(C)c2ccccc2N2c3ccc(-c4ccc(-c5ccccc5)c5ccccc45)cc3C(C)(C)c3cc(-c4ccc(-c5ccccc5)c5c4C=CCC5)cc1c32. The largest absolute Gasteiger partial charge is 0.309 e. The lowest BCUT2D eigenvalue weighted by molar-refractivity contribution is 0.598. The third-order valence-electron chi connectivity index (χ3n) is 13.3. The van der Waals surface area contributed by atoms with Gasteiger partial charge in [0.25, 0.3) is 0 Å². The Labute approximate surface area is 336 Å². The molecule has 0 spiro atoms. The van der Waals surface area contributed by atoms with Crippen molar-refractivity contribution in [2.24, 2.45) is 0 Å². The first-order valence-corrected chi connectivity index (χ1v) is 20.5. The molecular weight excluding hydrogens is 687 g/mol. The van der Waals surface area contributed by atoms with Crippen LogP contribution in [-0.4, -0.2) is 0 Å². The fourth-order valence-corrected chi connectivity index (χ4v) is 10.4. The molecule has 0 amide bonds. The van der Waals surface area contributed by atoms with Crippen molar-refractivity contribution in [3.63, 3.8) is 0 Å². The first-order chi connectivity index (χ1) is 27.8. The quantitative estimate of drug-likeness (QED) is 0.174. The molecule has 1 nitrogen and oxygen atoms in total. The van der Waals surface area contributed by atoms with E-state index in [9.17, 15) is 0 Å². The second-order valence-corrected chi connectivity index (χ2v) is 17.2. The summed E-state index contributed by atoms with van der Waals surface area (Å²) in [6.07, 6.45) is 6.87. The average molecular weight is 732 g/mol. The minimum absolute atomic E-state index is 0.194. The van der Waals surface area contributed by atoms with E-state index in [2.05, 4.69) is 209 Å². The van der Waals surface area contributed by atoms with Crippen molar-refractivity contribution in [1.29, 1.82) is 0 Å².